The van der Waals surface area contributed by atoms with Crippen molar-refractivity contribution < 1.29 is 8.78 Å². The molecule has 0 spiro atoms. The van der Waals surface area contributed by atoms with Crippen LogP contribution in [0.15, 0.2) is 34.8 Å². The maximum atomic E-state index is 14.0. The van der Waals surface area contributed by atoms with E-state index in [1.165, 1.54) is 22.8 Å². The van der Waals surface area contributed by atoms with Crippen molar-refractivity contribution in [2.45, 2.75) is 0 Å². The smallest absolute Gasteiger partial charge is 0.206 e. The molecule has 2 aromatic carbocycles. The normalized spacial score (nSPS) is 11.2. The monoisotopic (exact) mass is 357 g/mol. The van der Waals surface area contributed by atoms with Gasteiger partial charge in [0.1, 0.15) is 11.6 Å². The van der Waals surface area contributed by atoms with Gasteiger partial charge in [-0.05, 0) is 34.1 Å². The first kappa shape index (κ1) is 13.3. The molecule has 0 amide bonds. The van der Waals surface area contributed by atoms with Gasteiger partial charge in [0.2, 0.25) is 5.95 Å². The second-order valence-electron chi connectivity index (χ2n) is 4.13. The molecule has 0 atom stereocenters. The molecule has 0 aliphatic carbocycles. The molecule has 7 heteroatoms. The average Bonchev–Trinajstić information content (AvgIpc) is 2.67. The van der Waals surface area contributed by atoms with E-state index in [4.69, 9.17) is 17.3 Å². The Morgan fingerprint density at radius 2 is 1.95 bits per heavy atom. The predicted octanol–water partition coefficient (Wildman–Crippen LogP) is 4.30. The fourth-order valence-corrected chi connectivity index (χ4v) is 2.71. The highest BCUT2D eigenvalue weighted by Crippen LogP contribution is 2.32. The number of fused-ring (bicyclic) bond motifs is 1. The summed E-state index contributed by atoms with van der Waals surface area (Å²) in [6.45, 7) is 0. The molecule has 3 rings (SSSR count). The number of nitrogens with two attached hydrogens (primary N) is 1. The van der Waals surface area contributed by atoms with Crippen LogP contribution in [-0.4, -0.2) is 9.55 Å². The van der Waals surface area contributed by atoms with E-state index in [0.717, 1.165) is 0 Å². The lowest BCUT2D eigenvalue weighted by molar-refractivity contribution is 0.617. The molecule has 102 valence electrons. The van der Waals surface area contributed by atoms with Gasteiger partial charge in [-0.1, -0.05) is 17.7 Å². The van der Waals surface area contributed by atoms with Gasteiger partial charge in [-0.3, -0.25) is 4.57 Å². The van der Waals surface area contributed by atoms with Crippen LogP contribution in [0.5, 0.6) is 0 Å². The Morgan fingerprint density at radius 3 is 2.65 bits per heavy atom. The molecule has 20 heavy (non-hydrogen) atoms. The van der Waals surface area contributed by atoms with Gasteiger partial charge >= 0.3 is 0 Å². The third-order valence-corrected chi connectivity index (χ3v) is 3.81. The van der Waals surface area contributed by atoms with Crippen LogP contribution in [0, 0.1) is 11.6 Å². The highest BCUT2D eigenvalue weighted by molar-refractivity contribution is 9.10. The summed E-state index contributed by atoms with van der Waals surface area (Å²) < 4.78 is 29.5. The third kappa shape index (κ3) is 1.96. The summed E-state index contributed by atoms with van der Waals surface area (Å²) >= 11 is 8.97. The molecule has 1 aromatic heterocycles. The number of anilines is 1. The Bertz CT molecular complexity index is 812. The van der Waals surface area contributed by atoms with Crippen molar-refractivity contribution in [1.82, 2.24) is 9.55 Å². The van der Waals surface area contributed by atoms with E-state index >= 15 is 0 Å². The summed E-state index contributed by atoms with van der Waals surface area (Å²) in [5.41, 5.74) is 6.73. The zero-order chi connectivity index (χ0) is 14.4. The van der Waals surface area contributed by atoms with Gasteiger partial charge in [0, 0.05) is 10.5 Å². The van der Waals surface area contributed by atoms with Crippen LogP contribution in [0.1, 0.15) is 0 Å². The number of nitrogens with zero attached hydrogens (tertiary/aromatic N) is 2. The SMILES string of the molecule is Nc1nc2cc(Cl)c(F)cc2n1-c1c(F)cccc1Br. The molecule has 1 heterocycles. The van der Waals surface area contributed by atoms with Crippen LogP contribution in [0.3, 0.4) is 0 Å². The number of halogens is 4. The Hall–Kier alpha value is -1.66. The Balaban J connectivity index is 2.42. The standard InChI is InChI=1S/C13H7BrClF2N3/c14-6-2-1-3-8(16)12(6)20-11-5-9(17)7(15)4-10(11)19-13(20)18/h1-5H,(H2,18,19). The molecule has 0 bridgehead atoms. The van der Waals surface area contributed by atoms with E-state index in [9.17, 15) is 8.78 Å². The molecule has 2 N–H and O–H groups in total. The molecule has 0 radical (unpaired) electrons. The summed E-state index contributed by atoms with van der Waals surface area (Å²) in [4.78, 5) is 4.08. The second kappa shape index (κ2) is 4.71. The van der Waals surface area contributed by atoms with E-state index in [-0.39, 0.29) is 16.7 Å². The van der Waals surface area contributed by atoms with Gasteiger partial charge in [-0.25, -0.2) is 13.8 Å². The average molecular weight is 359 g/mol. The molecule has 0 saturated carbocycles. The van der Waals surface area contributed by atoms with E-state index in [1.54, 1.807) is 12.1 Å². The Morgan fingerprint density at radius 1 is 1.20 bits per heavy atom. The minimum atomic E-state index is -0.618. The van der Waals surface area contributed by atoms with Crippen LogP contribution < -0.4 is 5.73 Å². The molecule has 3 nitrogen and oxygen atoms in total. The molecule has 0 saturated heterocycles. The van der Waals surface area contributed by atoms with Crippen LogP contribution in [0.2, 0.25) is 5.02 Å². The fourth-order valence-electron chi connectivity index (χ4n) is 2.03. The number of para-hydroxylation sites is 1. The zero-order valence-electron chi connectivity index (χ0n) is 9.87. The van der Waals surface area contributed by atoms with Crippen LogP contribution in [0.25, 0.3) is 16.7 Å². The van der Waals surface area contributed by atoms with Crippen molar-refractivity contribution in [3.8, 4) is 5.69 Å². The molecule has 0 fully saturated rings. The van der Waals surface area contributed by atoms with Crippen molar-refractivity contribution in [3.05, 3.63) is 51.5 Å². The minimum absolute atomic E-state index is 0.0486. The number of hydrogen-bond donors (Lipinski definition) is 1. The van der Waals surface area contributed by atoms with Crippen LogP contribution >= 0.6 is 27.5 Å². The molecule has 0 unspecified atom stereocenters. The maximum Gasteiger partial charge on any atom is 0.206 e. The molecular weight excluding hydrogens is 352 g/mol. The summed E-state index contributed by atoms with van der Waals surface area (Å²) in [6, 6.07) is 7.04. The van der Waals surface area contributed by atoms with Crippen molar-refractivity contribution in [1.29, 1.82) is 0 Å². The lowest BCUT2D eigenvalue weighted by Gasteiger charge is -2.10. The largest absolute Gasteiger partial charge is 0.369 e. The molecule has 0 aliphatic heterocycles. The minimum Gasteiger partial charge on any atom is -0.369 e. The molecular formula is C13H7BrClF2N3. The van der Waals surface area contributed by atoms with Gasteiger partial charge in [0.25, 0.3) is 0 Å². The van der Waals surface area contributed by atoms with Crippen molar-refractivity contribution in [3.63, 3.8) is 0 Å². The van der Waals surface area contributed by atoms with Gasteiger partial charge < -0.3 is 5.73 Å². The fraction of sp³-hybridized carbons (Fsp3) is 0. The topological polar surface area (TPSA) is 43.8 Å². The van der Waals surface area contributed by atoms with Crippen LogP contribution in [0.4, 0.5) is 14.7 Å². The van der Waals surface area contributed by atoms with Gasteiger partial charge in [-0.15, -0.1) is 0 Å². The number of aromatic nitrogens is 2. The van der Waals surface area contributed by atoms with Crippen molar-refractivity contribution >= 4 is 44.5 Å². The number of benzene rings is 2. The van der Waals surface area contributed by atoms with E-state index in [1.807, 2.05) is 0 Å². The first-order valence-electron chi connectivity index (χ1n) is 5.56. The number of rotatable bonds is 1. The first-order chi connectivity index (χ1) is 9.49. The number of nitrogen functional groups attached to an aromatic ring is 1. The lowest BCUT2D eigenvalue weighted by Crippen LogP contribution is -2.04. The first-order valence-corrected chi connectivity index (χ1v) is 6.73. The Labute approximate surface area is 126 Å². The predicted molar refractivity (Wildman–Crippen MR) is 78.1 cm³/mol. The summed E-state index contributed by atoms with van der Waals surface area (Å²) in [7, 11) is 0. The summed E-state index contributed by atoms with van der Waals surface area (Å²) in [6.07, 6.45) is 0. The zero-order valence-corrected chi connectivity index (χ0v) is 12.2. The van der Waals surface area contributed by atoms with Crippen molar-refractivity contribution in [2.75, 3.05) is 5.73 Å². The molecule has 0 aliphatic rings. The highest BCUT2D eigenvalue weighted by Gasteiger charge is 2.17. The lowest BCUT2D eigenvalue weighted by atomic mass is 10.2. The van der Waals surface area contributed by atoms with Crippen molar-refractivity contribution in [2.24, 2.45) is 0 Å². The second-order valence-corrected chi connectivity index (χ2v) is 5.39. The highest BCUT2D eigenvalue weighted by atomic mass is 79.9. The Kier molecular flexibility index (Phi) is 3.14. The van der Waals surface area contributed by atoms with Crippen LogP contribution in [-0.2, 0) is 0 Å². The number of imidazole rings is 1. The van der Waals surface area contributed by atoms with Gasteiger partial charge in [-0.2, -0.15) is 0 Å². The summed E-state index contributed by atoms with van der Waals surface area (Å²) in [5.74, 6) is -1.07. The van der Waals surface area contributed by atoms with Gasteiger partial charge in [0.15, 0.2) is 0 Å². The summed E-state index contributed by atoms with van der Waals surface area (Å²) in [5, 5.41) is -0.0604. The van der Waals surface area contributed by atoms with Gasteiger partial charge in [0.05, 0.1) is 21.7 Å². The quantitative estimate of drug-likeness (QED) is 0.705. The third-order valence-electron chi connectivity index (χ3n) is 2.88. The van der Waals surface area contributed by atoms with E-state index in [2.05, 4.69) is 20.9 Å². The molecule has 3 aromatic rings. The maximum absolute atomic E-state index is 14.0. The van der Waals surface area contributed by atoms with E-state index in [0.29, 0.717) is 15.5 Å². The van der Waals surface area contributed by atoms with E-state index < -0.39 is 11.6 Å². The number of hydrogen-bond acceptors (Lipinski definition) is 2.